The maximum Gasteiger partial charge on any atom is 0.230 e. The van der Waals surface area contributed by atoms with Gasteiger partial charge in [0.2, 0.25) is 11.1 Å². The predicted molar refractivity (Wildman–Crippen MR) is 87.5 cm³/mol. The van der Waals surface area contributed by atoms with E-state index in [1.54, 1.807) is 10.7 Å². The van der Waals surface area contributed by atoms with Crippen molar-refractivity contribution in [1.82, 2.24) is 25.5 Å². The average molecular weight is 340 g/mol. The third-order valence-corrected chi connectivity index (χ3v) is 4.01. The second-order valence-corrected chi connectivity index (χ2v) is 7.24. The van der Waals surface area contributed by atoms with Gasteiger partial charge in [0.25, 0.3) is 0 Å². The van der Waals surface area contributed by atoms with Crippen molar-refractivity contribution in [3.63, 3.8) is 0 Å². The van der Waals surface area contributed by atoms with E-state index in [-0.39, 0.29) is 17.2 Å². The van der Waals surface area contributed by atoms with Gasteiger partial charge in [0, 0.05) is 10.6 Å². The molecule has 1 amide bonds. The highest BCUT2D eigenvalue weighted by Crippen LogP contribution is 2.22. The highest BCUT2D eigenvalue weighted by molar-refractivity contribution is 7.99. The molecule has 0 radical (unpaired) electrons. The number of carbonyl (C=O) groups is 1. The molecule has 1 aromatic carbocycles. The van der Waals surface area contributed by atoms with Gasteiger partial charge in [0.15, 0.2) is 0 Å². The Morgan fingerprint density at radius 2 is 2.14 bits per heavy atom. The Bertz CT molecular complexity index is 680. The lowest BCUT2D eigenvalue weighted by Crippen LogP contribution is -2.41. The molecule has 0 fully saturated rings. The number of benzene rings is 1. The fourth-order valence-corrected chi connectivity index (χ4v) is 2.59. The number of nitrogens with zero attached hydrogens (tertiary/aromatic N) is 4. The number of hydrogen-bond donors (Lipinski definition) is 1. The molecule has 0 aliphatic heterocycles. The van der Waals surface area contributed by atoms with Crippen LogP contribution in [0.1, 0.15) is 26.3 Å². The van der Waals surface area contributed by atoms with Gasteiger partial charge >= 0.3 is 0 Å². The van der Waals surface area contributed by atoms with Gasteiger partial charge < -0.3 is 5.32 Å². The molecule has 0 unspecified atom stereocenters. The summed E-state index contributed by atoms with van der Waals surface area (Å²) in [6.45, 7) is 7.74. The van der Waals surface area contributed by atoms with Gasteiger partial charge in [-0.25, -0.2) is 0 Å². The standard InChI is InChI=1S/C14H18ClN5OS/c1-9-5-6-10(7-11(9)15)20-13(17-18-19-20)22-8-12(21)16-14(2,3)4/h5-7H,8H2,1-4H3,(H,16,21). The quantitative estimate of drug-likeness (QED) is 0.867. The minimum atomic E-state index is -0.256. The molecule has 1 aromatic heterocycles. The van der Waals surface area contributed by atoms with E-state index in [1.165, 1.54) is 11.8 Å². The molecule has 0 atom stereocenters. The van der Waals surface area contributed by atoms with Gasteiger partial charge in [-0.05, 0) is 55.8 Å². The summed E-state index contributed by atoms with van der Waals surface area (Å²) in [5, 5.41) is 15.7. The molecule has 118 valence electrons. The minimum absolute atomic E-state index is 0.0611. The summed E-state index contributed by atoms with van der Waals surface area (Å²) in [7, 11) is 0. The average Bonchev–Trinajstić information content (AvgIpc) is 2.86. The topological polar surface area (TPSA) is 72.7 Å². The summed E-state index contributed by atoms with van der Waals surface area (Å²) in [5.41, 5.74) is 1.49. The molecular weight excluding hydrogens is 322 g/mol. The van der Waals surface area contributed by atoms with E-state index in [4.69, 9.17) is 11.6 Å². The maximum atomic E-state index is 11.9. The lowest BCUT2D eigenvalue weighted by atomic mass is 10.1. The SMILES string of the molecule is Cc1ccc(-n2nnnc2SCC(=O)NC(C)(C)C)cc1Cl. The van der Waals surface area contributed by atoms with Gasteiger partial charge in [-0.2, -0.15) is 4.68 Å². The zero-order valence-electron chi connectivity index (χ0n) is 12.9. The Balaban J connectivity index is 2.10. The lowest BCUT2D eigenvalue weighted by Gasteiger charge is -2.20. The third kappa shape index (κ3) is 4.45. The van der Waals surface area contributed by atoms with E-state index in [9.17, 15) is 4.79 Å². The van der Waals surface area contributed by atoms with Crippen LogP contribution in [0.5, 0.6) is 0 Å². The van der Waals surface area contributed by atoms with Gasteiger partial charge in [-0.1, -0.05) is 29.4 Å². The zero-order valence-corrected chi connectivity index (χ0v) is 14.5. The largest absolute Gasteiger partial charge is 0.351 e. The maximum absolute atomic E-state index is 11.9. The van der Waals surface area contributed by atoms with Crippen LogP contribution in [0.25, 0.3) is 5.69 Å². The summed E-state index contributed by atoms with van der Waals surface area (Å²) in [6, 6.07) is 5.59. The molecule has 0 saturated carbocycles. The number of amides is 1. The van der Waals surface area contributed by atoms with E-state index in [2.05, 4.69) is 20.8 Å². The summed E-state index contributed by atoms with van der Waals surface area (Å²) in [6.07, 6.45) is 0. The van der Waals surface area contributed by atoms with E-state index >= 15 is 0 Å². The number of nitrogens with one attached hydrogen (secondary N) is 1. The fraction of sp³-hybridized carbons (Fsp3) is 0.429. The Morgan fingerprint density at radius 3 is 2.77 bits per heavy atom. The first-order valence-corrected chi connectivity index (χ1v) is 8.11. The van der Waals surface area contributed by atoms with Crippen LogP contribution in [0.4, 0.5) is 0 Å². The van der Waals surface area contributed by atoms with Crippen molar-refractivity contribution in [2.75, 3.05) is 5.75 Å². The molecule has 0 aliphatic carbocycles. The number of thioether (sulfide) groups is 1. The van der Waals surface area contributed by atoms with Crippen LogP contribution in [0, 0.1) is 6.92 Å². The van der Waals surface area contributed by atoms with Crippen LogP contribution >= 0.6 is 23.4 Å². The Kier molecular flexibility index (Phi) is 5.08. The van der Waals surface area contributed by atoms with Crippen molar-refractivity contribution >= 4 is 29.3 Å². The van der Waals surface area contributed by atoms with Gasteiger partial charge in [0.1, 0.15) is 0 Å². The smallest absolute Gasteiger partial charge is 0.230 e. The van der Waals surface area contributed by atoms with Crippen molar-refractivity contribution in [1.29, 1.82) is 0 Å². The van der Waals surface area contributed by atoms with Crippen molar-refractivity contribution in [3.8, 4) is 5.69 Å². The molecular formula is C14H18ClN5OS. The van der Waals surface area contributed by atoms with Crippen LogP contribution in [0.3, 0.4) is 0 Å². The molecule has 0 aliphatic rings. The minimum Gasteiger partial charge on any atom is -0.351 e. The molecule has 0 saturated heterocycles. The van der Waals surface area contributed by atoms with Crippen molar-refractivity contribution < 1.29 is 4.79 Å². The summed E-state index contributed by atoms with van der Waals surface area (Å²) in [5.74, 6) is 0.186. The Hall–Kier alpha value is -1.60. The first kappa shape index (κ1) is 16.8. The normalized spacial score (nSPS) is 11.5. The fourth-order valence-electron chi connectivity index (χ4n) is 1.73. The molecule has 6 nitrogen and oxygen atoms in total. The number of aromatic nitrogens is 4. The van der Waals surface area contributed by atoms with Crippen molar-refractivity contribution in [2.45, 2.75) is 38.4 Å². The van der Waals surface area contributed by atoms with E-state index in [0.29, 0.717) is 10.2 Å². The van der Waals surface area contributed by atoms with E-state index in [0.717, 1.165) is 11.3 Å². The number of tetrazole rings is 1. The van der Waals surface area contributed by atoms with Crippen LogP contribution < -0.4 is 5.32 Å². The number of aryl methyl sites for hydroxylation is 1. The second-order valence-electron chi connectivity index (χ2n) is 5.89. The number of rotatable bonds is 4. The van der Waals surface area contributed by atoms with Gasteiger partial charge in [-0.15, -0.1) is 5.10 Å². The molecule has 8 heteroatoms. The van der Waals surface area contributed by atoms with Crippen molar-refractivity contribution in [3.05, 3.63) is 28.8 Å². The summed E-state index contributed by atoms with van der Waals surface area (Å²) >= 11 is 7.41. The monoisotopic (exact) mass is 339 g/mol. The molecule has 2 aromatic rings. The lowest BCUT2D eigenvalue weighted by molar-refractivity contribution is -0.119. The zero-order chi connectivity index (χ0) is 16.3. The summed E-state index contributed by atoms with van der Waals surface area (Å²) in [4.78, 5) is 11.9. The summed E-state index contributed by atoms with van der Waals surface area (Å²) < 4.78 is 1.57. The van der Waals surface area contributed by atoms with E-state index < -0.39 is 0 Å². The Morgan fingerprint density at radius 1 is 1.41 bits per heavy atom. The molecule has 0 bridgehead atoms. The number of hydrogen-bond acceptors (Lipinski definition) is 5. The van der Waals surface area contributed by atoms with Crippen molar-refractivity contribution in [2.24, 2.45) is 0 Å². The molecule has 1 N–H and O–H groups in total. The first-order chi connectivity index (χ1) is 10.3. The van der Waals surface area contributed by atoms with Crippen LogP contribution in [-0.4, -0.2) is 37.4 Å². The van der Waals surface area contributed by atoms with Crippen LogP contribution in [0.15, 0.2) is 23.4 Å². The van der Waals surface area contributed by atoms with Crippen LogP contribution in [0.2, 0.25) is 5.02 Å². The number of carbonyl (C=O) groups excluding carboxylic acids is 1. The van der Waals surface area contributed by atoms with Gasteiger partial charge in [-0.3, -0.25) is 4.79 Å². The molecule has 2 rings (SSSR count). The molecule has 1 heterocycles. The first-order valence-electron chi connectivity index (χ1n) is 6.75. The second kappa shape index (κ2) is 6.66. The predicted octanol–water partition coefficient (Wildman–Crippen LogP) is 2.63. The Labute approximate surface area is 138 Å². The molecule has 22 heavy (non-hydrogen) atoms. The highest BCUT2D eigenvalue weighted by Gasteiger charge is 2.16. The van der Waals surface area contributed by atoms with E-state index in [1.807, 2.05) is 39.8 Å². The number of halogens is 1. The molecule has 0 spiro atoms. The third-order valence-electron chi connectivity index (χ3n) is 2.69. The van der Waals surface area contributed by atoms with Crippen LogP contribution in [-0.2, 0) is 4.79 Å². The highest BCUT2D eigenvalue weighted by atomic mass is 35.5. The van der Waals surface area contributed by atoms with Gasteiger partial charge in [0.05, 0.1) is 11.4 Å².